The van der Waals surface area contributed by atoms with Gasteiger partial charge in [0.2, 0.25) is 0 Å². The molecular weight excluding hydrogens is 316 g/mol. The van der Waals surface area contributed by atoms with E-state index < -0.39 is 0 Å². The minimum atomic E-state index is 0.0543. The monoisotopic (exact) mass is 330 g/mol. The Kier molecular flexibility index (Phi) is 3.53. The number of para-hydroxylation sites is 1. The molecule has 3 aromatic rings. The second-order valence-electron chi connectivity index (χ2n) is 5.52. The number of hydrogen-bond donors (Lipinski definition) is 1. The highest BCUT2D eigenvalue weighted by molar-refractivity contribution is 6.32. The Hall–Kier alpha value is -2.34. The number of fused-ring (bicyclic) bond motifs is 2. The summed E-state index contributed by atoms with van der Waals surface area (Å²) in [5, 5.41) is 8.88. The van der Waals surface area contributed by atoms with Gasteiger partial charge >= 0.3 is 0 Å². The molecule has 1 N–H and O–H groups in total. The Morgan fingerprint density at radius 3 is 3.13 bits per heavy atom. The lowest BCUT2D eigenvalue weighted by Crippen LogP contribution is -2.12. The number of rotatable bonds is 2. The lowest BCUT2D eigenvalue weighted by Gasteiger charge is -2.19. The zero-order valence-corrected chi connectivity index (χ0v) is 13.3. The fraction of sp³-hybridized carbons (Fsp3) is 0.312. The van der Waals surface area contributed by atoms with E-state index in [4.69, 9.17) is 20.9 Å². The molecule has 2 aromatic heterocycles. The Balaban J connectivity index is 1.76. The zero-order chi connectivity index (χ0) is 15.8. The number of ether oxygens (including phenoxy) is 1. The highest BCUT2D eigenvalue weighted by Crippen LogP contribution is 2.39. The first-order chi connectivity index (χ1) is 11.2. The minimum Gasteiger partial charge on any atom is -0.492 e. The molecule has 1 aromatic carbocycles. The molecule has 0 saturated heterocycles. The van der Waals surface area contributed by atoms with E-state index in [1.807, 2.05) is 25.1 Å². The van der Waals surface area contributed by atoms with Gasteiger partial charge in [-0.1, -0.05) is 28.9 Å². The molecule has 0 spiro atoms. The average molecular weight is 331 g/mol. The quantitative estimate of drug-likeness (QED) is 0.768. The third kappa shape index (κ3) is 2.49. The molecule has 7 heteroatoms. The zero-order valence-electron chi connectivity index (χ0n) is 12.5. The Bertz CT molecular complexity index is 864. The maximum atomic E-state index is 6.28. The molecule has 0 aliphatic carbocycles. The molecule has 3 heterocycles. The lowest BCUT2D eigenvalue weighted by atomic mass is 10.0. The number of aryl methyl sites for hydroxylation is 1. The summed E-state index contributed by atoms with van der Waals surface area (Å²) in [5.41, 5.74) is 2.28. The van der Waals surface area contributed by atoms with Gasteiger partial charge in [0.1, 0.15) is 23.3 Å². The van der Waals surface area contributed by atoms with Crippen molar-refractivity contribution in [3.8, 4) is 5.75 Å². The topological polar surface area (TPSA) is 73.1 Å². The van der Waals surface area contributed by atoms with Crippen molar-refractivity contribution in [3.63, 3.8) is 0 Å². The molecule has 0 radical (unpaired) electrons. The third-order valence-corrected chi connectivity index (χ3v) is 4.31. The van der Waals surface area contributed by atoms with Crippen LogP contribution in [0.5, 0.6) is 5.75 Å². The van der Waals surface area contributed by atoms with Crippen LogP contribution in [0.2, 0.25) is 5.02 Å². The van der Waals surface area contributed by atoms with Gasteiger partial charge in [0.05, 0.1) is 23.4 Å². The molecule has 1 aliphatic heterocycles. The van der Waals surface area contributed by atoms with E-state index in [9.17, 15) is 0 Å². The summed E-state index contributed by atoms with van der Waals surface area (Å²) in [7, 11) is 0. The number of aromatic nitrogens is 3. The molecule has 4 rings (SSSR count). The molecule has 23 heavy (non-hydrogen) atoms. The van der Waals surface area contributed by atoms with Crippen molar-refractivity contribution in [3.05, 3.63) is 40.8 Å². The SMILES string of the molecule is Cc1noc2ncnc(NC3CCCOc4c(Cl)cccc43)c12. The number of anilines is 1. The summed E-state index contributed by atoms with van der Waals surface area (Å²) in [4.78, 5) is 8.47. The summed E-state index contributed by atoms with van der Waals surface area (Å²) >= 11 is 6.28. The van der Waals surface area contributed by atoms with Gasteiger partial charge in [-0.2, -0.15) is 4.98 Å². The fourth-order valence-electron chi connectivity index (χ4n) is 2.92. The summed E-state index contributed by atoms with van der Waals surface area (Å²) in [6.07, 6.45) is 3.32. The van der Waals surface area contributed by atoms with E-state index in [1.165, 1.54) is 6.33 Å². The number of nitrogens with zero attached hydrogens (tertiary/aromatic N) is 3. The highest BCUT2D eigenvalue weighted by Gasteiger charge is 2.23. The normalized spacial score (nSPS) is 17.4. The Labute approximate surface area is 137 Å². The van der Waals surface area contributed by atoms with E-state index in [1.54, 1.807) is 0 Å². The van der Waals surface area contributed by atoms with Gasteiger partial charge in [-0.3, -0.25) is 0 Å². The molecule has 1 aliphatic rings. The van der Waals surface area contributed by atoms with Crippen molar-refractivity contribution in [1.29, 1.82) is 0 Å². The van der Waals surface area contributed by atoms with Gasteiger partial charge in [0, 0.05) is 5.56 Å². The van der Waals surface area contributed by atoms with Gasteiger partial charge in [-0.25, -0.2) is 4.98 Å². The molecular formula is C16H15ClN4O2. The van der Waals surface area contributed by atoms with Gasteiger partial charge in [0.25, 0.3) is 5.71 Å². The predicted molar refractivity (Wildman–Crippen MR) is 86.9 cm³/mol. The molecule has 6 nitrogen and oxygen atoms in total. The molecule has 0 bridgehead atoms. The largest absolute Gasteiger partial charge is 0.492 e. The Morgan fingerprint density at radius 1 is 1.30 bits per heavy atom. The van der Waals surface area contributed by atoms with E-state index in [0.29, 0.717) is 23.2 Å². The lowest BCUT2D eigenvalue weighted by molar-refractivity contribution is 0.316. The van der Waals surface area contributed by atoms with Crippen LogP contribution in [0.3, 0.4) is 0 Å². The molecule has 1 unspecified atom stereocenters. The van der Waals surface area contributed by atoms with Gasteiger partial charge in [-0.05, 0) is 25.8 Å². The van der Waals surface area contributed by atoms with Crippen LogP contribution in [-0.4, -0.2) is 21.7 Å². The molecule has 0 amide bonds. The van der Waals surface area contributed by atoms with Crippen LogP contribution in [0, 0.1) is 6.92 Å². The van der Waals surface area contributed by atoms with Crippen LogP contribution in [0.4, 0.5) is 5.82 Å². The first-order valence-corrected chi connectivity index (χ1v) is 7.86. The maximum absolute atomic E-state index is 6.28. The summed E-state index contributed by atoms with van der Waals surface area (Å²) < 4.78 is 11.0. The smallest absolute Gasteiger partial charge is 0.263 e. The van der Waals surface area contributed by atoms with E-state index in [2.05, 4.69) is 20.4 Å². The van der Waals surface area contributed by atoms with E-state index >= 15 is 0 Å². The predicted octanol–water partition coefficient (Wildman–Crippen LogP) is 3.91. The summed E-state index contributed by atoms with van der Waals surface area (Å²) in [6.45, 7) is 2.53. The standard InChI is InChI=1S/C16H15ClN4O2/c1-9-13-15(18-8-19-16(13)23-21-9)20-12-6-3-7-22-14-10(12)4-2-5-11(14)17/h2,4-5,8,12H,3,6-7H2,1H3,(H,18,19,20). The van der Waals surface area contributed by atoms with Crippen molar-refractivity contribution in [1.82, 2.24) is 15.1 Å². The average Bonchev–Trinajstić information content (AvgIpc) is 2.81. The van der Waals surface area contributed by atoms with Gasteiger partial charge in [0.15, 0.2) is 0 Å². The Morgan fingerprint density at radius 2 is 2.22 bits per heavy atom. The van der Waals surface area contributed by atoms with Crippen LogP contribution in [-0.2, 0) is 0 Å². The van der Waals surface area contributed by atoms with Crippen LogP contribution >= 0.6 is 11.6 Å². The number of benzene rings is 1. The van der Waals surface area contributed by atoms with Crippen molar-refractivity contribution in [2.24, 2.45) is 0 Å². The maximum Gasteiger partial charge on any atom is 0.263 e. The number of hydrogen-bond acceptors (Lipinski definition) is 6. The number of halogens is 1. The molecule has 1 atom stereocenters. The molecule has 118 valence electrons. The van der Waals surface area contributed by atoms with Crippen molar-refractivity contribution in [2.75, 3.05) is 11.9 Å². The van der Waals surface area contributed by atoms with Gasteiger partial charge in [-0.15, -0.1) is 0 Å². The van der Waals surface area contributed by atoms with Crippen molar-refractivity contribution in [2.45, 2.75) is 25.8 Å². The number of nitrogens with one attached hydrogen (secondary N) is 1. The first-order valence-electron chi connectivity index (χ1n) is 7.49. The fourth-order valence-corrected chi connectivity index (χ4v) is 3.15. The van der Waals surface area contributed by atoms with Gasteiger partial charge < -0.3 is 14.6 Å². The summed E-state index contributed by atoms with van der Waals surface area (Å²) in [6, 6.07) is 5.86. The highest BCUT2D eigenvalue weighted by atomic mass is 35.5. The second kappa shape index (κ2) is 5.70. The molecule has 0 fully saturated rings. The van der Waals surface area contributed by atoms with Crippen LogP contribution < -0.4 is 10.1 Å². The van der Waals surface area contributed by atoms with E-state index in [-0.39, 0.29) is 6.04 Å². The molecule has 0 saturated carbocycles. The third-order valence-electron chi connectivity index (χ3n) is 4.01. The van der Waals surface area contributed by atoms with E-state index in [0.717, 1.165) is 35.2 Å². The summed E-state index contributed by atoms with van der Waals surface area (Å²) in [5.74, 6) is 1.46. The van der Waals surface area contributed by atoms with Crippen LogP contribution in [0.25, 0.3) is 11.1 Å². The van der Waals surface area contributed by atoms with Crippen LogP contribution in [0.15, 0.2) is 29.0 Å². The van der Waals surface area contributed by atoms with Crippen molar-refractivity contribution >= 4 is 28.5 Å². The van der Waals surface area contributed by atoms with Crippen LogP contribution in [0.1, 0.15) is 30.1 Å². The van der Waals surface area contributed by atoms with Crippen molar-refractivity contribution < 1.29 is 9.26 Å². The first kappa shape index (κ1) is 14.3. The minimum absolute atomic E-state index is 0.0543. The second-order valence-corrected chi connectivity index (χ2v) is 5.92.